The van der Waals surface area contributed by atoms with Crippen molar-refractivity contribution < 1.29 is 19.4 Å². The van der Waals surface area contributed by atoms with Crippen LogP contribution in [0.3, 0.4) is 0 Å². The zero-order valence-electron chi connectivity index (χ0n) is 11.7. The third-order valence-corrected chi connectivity index (χ3v) is 2.95. The average molecular weight is 278 g/mol. The second-order valence-corrected chi connectivity index (χ2v) is 4.78. The minimum absolute atomic E-state index is 0.0753. The average Bonchev–Trinajstić information content (AvgIpc) is 2.43. The number of hydrogen-bond donors (Lipinski definition) is 1. The van der Waals surface area contributed by atoms with Gasteiger partial charge in [-0.05, 0) is 24.8 Å². The Labute approximate surface area is 119 Å². The molecule has 0 fully saturated rings. The largest absolute Gasteiger partial charge is 0.481 e. The first kappa shape index (κ1) is 16.4. The van der Waals surface area contributed by atoms with Gasteiger partial charge in [-0.15, -0.1) is 0 Å². The lowest BCUT2D eigenvalue weighted by atomic mass is 10.1. The summed E-state index contributed by atoms with van der Waals surface area (Å²) in [6, 6.07) is 9.97. The summed E-state index contributed by atoms with van der Waals surface area (Å²) < 4.78 is 5.53. The molecule has 1 aromatic rings. The van der Waals surface area contributed by atoms with Crippen molar-refractivity contribution in [1.29, 1.82) is 0 Å². The minimum atomic E-state index is -0.841. The molecule has 0 aliphatic rings. The quantitative estimate of drug-likeness (QED) is 0.631. The van der Waals surface area contributed by atoms with Crippen molar-refractivity contribution in [1.82, 2.24) is 0 Å². The molecular weight excluding hydrogens is 256 g/mol. The number of hydrogen-bond acceptors (Lipinski definition) is 3. The summed E-state index contributed by atoms with van der Waals surface area (Å²) in [5.74, 6) is -0.693. The molecular formula is C16H22O4. The molecule has 0 heterocycles. The molecule has 1 N–H and O–H groups in total. The smallest absolute Gasteiger partial charge is 0.303 e. The number of ether oxygens (including phenoxy) is 1. The Balaban J connectivity index is 1.94. The van der Waals surface area contributed by atoms with Crippen LogP contribution in [-0.4, -0.2) is 23.5 Å². The van der Waals surface area contributed by atoms with Crippen LogP contribution in [0.2, 0.25) is 0 Å². The lowest BCUT2D eigenvalue weighted by molar-refractivity contribution is -0.137. The van der Waals surface area contributed by atoms with Gasteiger partial charge < -0.3 is 9.84 Å². The fourth-order valence-corrected chi connectivity index (χ4v) is 1.85. The van der Waals surface area contributed by atoms with E-state index in [0.717, 1.165) is 18.4 Å². The topological polar surface area (TPSA) is 63.6 Å². The predicted molar refractivity (Wildman–Crippen MR) is 76.4 cm³/mol. The van der Waals surface area contributed by atoms with Gasteiger partial charge in [-0.3, -0.25) is 9.59 Å². The van der Waals surface area contributed by atoms with Crippen molar-refractivity contribution in [3.05, 3.63) is 35.9 Å². The van der Waals surface area contributed by atoms with E-state index in [1.807, 2.05) is 30.3 Å². The lowest BCUT2D eigenvalue weighted by Gasteiger charge is -2.04. The van der Waals surface area contributed by atoms with Gasteiger partial charge in [0.25, 0.3) is 0 Å². The van der Waals surface area contributed by atoms with Gasteiger partial charge in [-0.2, -0.15) is 0 Å². The Morgan fingerprint density at radius 3 is 2.35 bits per heavy atom. The van der Waals surface area contributed by atoms with E-state index in [-0.39, 0.29) is 12.2 Å². The maximum atomic E-state index is 11.4. The molecule has 1 rings (SSSR count). The highest BCUT2D eigenvalue weighted by Gasteiger charge is 2.04. The Bertz CT molecular complexity index is 400. The molecule has 0 radical (unpaired) electrons. The summed E-state index contributed by atoms with van der Waals surface area (Å²) >= 11 is 0. The van der Waals surface area contributed by atoms with Gasteiger partial charge in [0.2, 0.25) is 0 Å². The summed E-state index contributed by atoms with van der Waals surface area (Å²) in [6.07, 6.45) is 3.08. The van der Waals surface area contributed by atoms with Crippen molar-refractivity contribution in [2.24, 2.45) is 0 Å². The van der Waals surface area contributed by atoms with E-state index >= 15 is 0 Å². The van der Waals surface area contributed by atoms with Gasteiger partial charge in [0.1, 0.15) is 5.78 Å². The first-order valence-corrected chi connectivity index (χ1v) is 7.03. The maximum Gasteiger partial charge on any atom is 0.303 e. The summed E-state index contributed by atoms with van der Waals surface area (Å²) in [5.41, 5.74) is 1.15. The van der Waals surface area contributed by atoms with Crippen molar-refractivity contribution in [3.63, 3.8) is 0 Å². The molecule has 110 valence electrons. The maximum absolute atomic E-state index is 11.4. The van der Waals surface area contributed by atoms with Crippen LogP contribution in [0, 0.1) is 0 Å². The van der Waals surface area contributed by atoms with Crippen LogP contribution in [0.15, 0.2) is 30.3 Å². The van der Waals surface area contributed by atoms with Crippen molar-refractivity contribution in [2.45, 2.75) is 45.1 Å². The minimum Gasteiger partial charge on any atom is -0.481 e. The molecule has 0 aliphatic heterocycles. The Morgan fingerprint density at radius 1 is 0.950 bits per heavy atom. The molecule has 0 unspecified atom stereocenters. The first-order chi connectivity index (χ1) is 9.68. The fraction of sp³-hybridized carbons (Fsp3) is 0.500. The number of carbonyl (C=O) groups excluding carboxylic acids is 1. The Hall–Kier alpha value is -1.68. The van der Waals surface area contributed by atoms with Crippen LogP contribution >= 0.6 is 0 Å². The number of carbonyl (C=O) groups is 2. The van der Waals surface area contributed by atoms with Crippen LogP contribution in [-0.2, 0) is 20.9 Å². The van der Waals surface area contributed by atoms with Crippen LogP contribution in [0.25, 0.3) is 0 Å². The van der Waals surface area contributed by atoms with E-state index in [4.69, 9.17) is 9.84 Å². The second kappa shape index (κ2) is 10.1. The summed E-state index contributed by atoms with van der Waals surface area (Å²) in [4.78, 5) is 21.7. The first-order valence-electron chi connectivity index (χ1n) is 7.03. The van der Waals surface area contributed by atoms with E-state index in [0.29, 0.717) is 32.5 Å². The molecule has 4 nitrogen and oxygen atoms in total. The third kappa shape index (κ3) is 8.43. The number of Topliss-reactive ketones (excluding diaryl/α,β-unsaturated/α-hetero) is 1. The van der Waals surface area contributed by atoms with Gasteiger partial charge in [-0.1, -0.05) is 30.3 Å². The molecule has 0 bridgehead atoms. The zero-order valence-corrected chi connectivity index (χ0v) is 11.7. The van der Waals surface area contributed by atoms with Crippen LogP contribution < -0.4 is 0 Å². The molecule has 0 aliphatic carbocycles. The monoisotopic (exact) mass is 278 g/mol. The van der Waals surface area contributed by atoms with Crippen LogP contribution in [0.4, 0.5) is 0 Å². The third-order valence-electron chi connectivity index (χ3n) is 2.95. The summed E-state index contributed by atoms with van der Waals surface area (Å²) in [6.45, 7) is 1.25. The van der Waals surface area contributed by atoms with Gasteiger partial charge in [0, 0.05) is 25.9 Å². The van der Waals surface area contributed by atoms with Gasteiger partial charge in [-0.25, -0.2) is 0 Å². The van der Waals surface area contributed by atoms with E-state index in [1.54, 1.807) is 0 Å². The highest BCUT2D eigenvalue weighted by Crippen LogP contribution is 2.05. The molecule has 0 saturated heterocycles. The molecule has 4 heteroatoms. The van der Waals surface area contributed by atoms with E-state index in [9.17, 15) is 9.59 Å². The number of carboxylic acid groups (broad SMARTS) is 1. The fourth-order valence-electron chi connectivity index (χ4n) is 1.85. The predicted octanol–water partition coefficient (Wildman–Crippen LogP) is 3.20. The van der Waals surface area contributed by atoms with E-state index in [1.165, 1.54) is 0 Å². The van der Waals surface area contributed by atoms with Crippen LogP contribution in [0.5, 0.6) is 0 Å². The second-order valence-electron chi connectivity index (χ2n) is 4.78. The molecule has 0 saturated carbocycles. The molecule has 20 heavy (non-hydrogen) atoms. The molecule has 0 aromatic heterocycles. The number of rotatable bonds is 11. The van der Waals surface area contributed by atoms with Gasteiger partial charge >= 0.3 is 5.97 Å². The number of carboxylic acids is 1. The van der Waals surface area contributed by atoms with Gasteiger partial charge in [0.15, 0.2) is 0 Å². The number of unbranched alkanes of at least 4 members (excludes halogenated alkanes) is 1. The van der Waals surface area contributed by atoms with Crippen molar-refractivity contribution in [2.75, 3.05) is 6.61 Å². The SMILES string of the molecule is O=C(O)CCCC(=O)CCCCOCc1ccccc1. The van der Waals surface area contributed by atoms with E-state index < -0.39 is 5.97 Å². The number of benzene rings is 1. The lowest BCUT2D eigenvalue weighted by Crippen LogP contribution is -2.02. The van der Waals surface area contributed by atoms with E-state index in [2.05, 4.69) is 0 Å². The molecule has 0 atom stereocenters. The molecule has 1 aromatic carbocycles. The summed E-state index contributed by atoms with van der Waals surface area (Å²) in [5, 5.41) is 8.47. The number of ketones is 1. The van der Waals surface area contributed by atoms with Crippen LogP contribution in [0.1, 0.15) is 44.1 Å². The van der Waals surface area contributed by atoms with Crippen molar-refractivity contribution in [3.8, 4) is 0 Å². The Morgan fingerprint density at radius 2 is 1.65 bits per heavy atom. The highest BCUT2D eigenvalue weighted by molar-refractivity contribution is 5.78. The highest BCUT2D eigenvalue weighted by atomic mass is 16.5. The molecule has 0 spiro atoms. The van der Waals surface area contributed by atoms with Gasteiger partial charge in [0.05, 0.1) is 6.61 Å². The number of aliphatic carboxylic acids is 1. The summed E-state index contributed by atoms with van der Waals surface area (Å²) in [7, 11) is 0. The normalized spacial score (nSPS) is 10.4. The molecule has 0 amide bonds. The Kier molecular flexibility index (Phi) is 8.31. The zero-order chi connectivity index (χ0) is 14.6. The van der Waals surface area contributed by atoms with Crippen molar-refractivity contribution >= 4 is 11.8 Å². The standard InChI is InChI=1S/C16H22O4/c17-15(10-6-11-16(18)19)9-4-5-12-20-13-14-7-2-1-3-8-14/h1-3,7-8H,4-6,9-13H2,(H,18,19).